The second kappa shape index (κ2) is 5.22. The van der Waals surface area contributed by atoms with Crippen LogP contribution >= 0.6 is 11.3 Å². The van der Waals surface area contributed by atoms with E-state index in [1.807, 2.05) is 0 Å². The van der Waals surface area contributed by atoms with Crippen LogP contribution < -0.4 is 4.31 Å². The van der Waals surface area contributed by atoms with Crippen molar-refractivity contribution in [3.63, 3.8) is 0 Å². The van der Waals surface area contributed by atoms with Gasteiger partial charge in [0.25, 0.3) is 10.0 Å². The van der Waals surface area contributed by atoms with E-state index in [9.17, 15) is 17.6 Å². The van der Waals surface area contributed by atoms with Crippen LogP contribution in [0.15, 0.2) is 40.6 Å². The largest absolute Gasteiger partial charge is 0.477 e. The first kappa shape index (κ1) is 14.5. The van der Waals surface area contributed by atoms with E-state index in [-0.39, 0.29) is 14.8 Å². The van der Waals surface area contributed by atoms with E-state index in [1.54, 1.807) is 0 Å². The first-order chi connectivity index (χ1) is 9.32. The summed E-state index contributed by atoms with van der Waals surface area (Å²) in [5.41, 5.74) is 0.289. The minimum atomic E-state index is -3.85. The SMILES string of the molecule is CN(c1ccc(F)cc1)S(=O)(=O)c1ccc(C(=O)O)s1. The third-order valence-corrected chi connectivity index (χ3v) is 5.92. The molecule has 0 unspecified atom stereocenters. The van der Waals surface area contributed by atoms with Crippen molar-refractivity contribution in [1.82, 2.24) is 0 Å². The highest BCUT2D eigenvalue weighted by Gasteiger charge is 2.24. The van der Waals surface area contributed by atoms with Gasteiger partial charge in [-0.2, -0.15) is 0 Å². The molecule has 1 heterocycles. The summed E-state index contributed by atoms with van der Waals surface area (Å²) >= 11 is 0.671. The third-order valence-electron chi connectivity index (χ3n) is 2.60. The van der Waals surface area contributed by atoms with Gasteiger partial charge >= 0.3 is 5.97 Å². The van der Waals surface area contributed by atoms with Gasteiger partial charge in [0.2, 0.25) is 0 Å². The van der Waals surface area contributed by atoms with Gasteiger partial charge in [-0.25, -0.2) is 17.6 Å². The second-order valence-electron chi connectivity index (χ2n) is 3.87. The topological polar surface area (TPSA) is 74.7 Å². The van der Waals surface area contributed by atoms with Crippen molar-refractivity contribution in [2.24, 2.45) is 0 Å². The Kier molecular flexibility index (Phi) is 3.78. The number of hydrogen-bond acceptors (Lipinski definition) is 4. The van der Waals surface area contributed by atoms with Crippen molar-refractivity contribution in [1.29, 1.82) is 0 Å². The number of anilines is 1. The van der Waals surface area contributed by atoms with E-state index < -0.39 is 21.8 Å². The van der Waals surface area contributed by atoms with Crippen LogP contribution in [0.3, 0.4) is 0 Å². The first-order valence-corrected chi connectivity index (χ1v) is 7.65. The number of hydrogen-bond donors (Lipinski definition) is 1. The van der Waals surface area contributed by atoms with E-state index in [0.29, 0.717) is 11.3 Å². The molecule has 0 saturated carbocycles. The molecule has 0 radical (unpaired) electrons. The summed E-state index contributed by atoms with van der Waals surface area (Å²) in [4.78, 5) is 10.7. The molecule has 106 valence electrons. The summed E-state index contributed by atoms with van der Waals surface area (Å²) in [5.74, 6) is -1.65. The molecule has 0 aliphatic carbocycles. The van der Waals surface area contributed by atoms with Gasteiger partial charge in [0.1, 0.15) is 14.9 Å². The molecule has 1 N–H and O–H groups in total. The lowest BCUT2D eigenvalue weighted by atomic mass is 10.3. The summed E-state index contributed by atoms with van der Waals surface area (Å²) in [6.07, 6.45) is 0. The number of aromatic carboxylic acids is 1. The minimum Gasteiger partial charge on any atom is -0.477 e. The molecule has 0 aliphatic heterocycles. The fraction of sp³-hybridized carbons (Fsp3) is 0.0833. The molecule has 2 aromatic rings. The van der Waals surface area contributed by atoms with E-state index in [1.165, 1.54) is 31.3 Å². The van der Waals surface area contributed by atoms with Crippen molar-refractivity contribution in [2.45, 2.75) is 4.21 Å². The van der Waals surface area contributed by atoms with Crippen LogP contribution in [-0.4, -0.2) is 26.5 Å². The lowest BCUT2D eigenvalue weighted by Crippen LogP contribution is -2.25. The number of carboxylic acid groups (broad SMARTS) is 1. The van der Waals surface area contributed by atoms with Gasteiger partial charge in [0, 0.05) is 7.05 Å². The number of sulfonamides is 1. The van der Waals surface area contributed by atoms with Crippen LogP contribution in [0, 0.1) is 5.82 Å². The lowest BCUT2D eigenvalue weighted by molar-refractivity contribution is 0.0702. The maximum atomic E-state index is 12.8. The summed E-state index contributed by atoms with van der Waals surface area (Å²) in [5, 5.41) is 8.81. The zero-order valence-corrected chi connectivity index (χ0v) is 11.9. The fourth-order valence-electron chi connectivity index (χ4n) is 1.50. The molecular weight excluding hydrogens is 305 g/mol. The minimum absolute atomic E-state index is 0.0592. The predicted octanol–water partition coefficient (Wildman–Crippen LogP) is 2.41. The monoisotopic (exact) mass is 315 g/mol. The number of thiophene rings is 1. The number of halogens is 1. The Morgan fingerprint density at radius 3 is 2.30 bits per heavy atom. The summed E-state index contributed by atoms with van der Waals surface area (Å²) in [6, 6.07) is 7.44. The highest BCUT2D eigenvalue weighted by molar-refractivity contribution is 7.94. The van der Waals surface area contributed by atoms with E-state index in [2.05, 4.69) is 0 Å². The summed E-state index contributed by atoms with van der Waals surface area (Å²) < 4.78 is 38.3. The number of carboxylic acids is 1. The molecule has 0 bridgehead atoms. The highest BCUT2D eigenvalue weighted by atomic mass is 32.2. The zero-order valence-electron chi connectivity index (χ0n) is 10.3. The Bertz CT molecular complexity index is 737. The average molecular weight is 315 g/mol. The molecule has 2 rings (SSSR count). The Balaban J connectivity index is 2.38. The molecule has 5 nitrogen and oxygen atoms in total. The Morgan fingerprint density at radius 1 is 1.20 bits per heavy atom. The highest BCUT2D eigenvalue weighted by Crippen LogP contribution is 2.27. The maximum absolute atomic E-state index is 12.8. The molecule has 0 fully saturated rings. The van der Waals surface area contributed by atoms with E-state index in [4.69, 9.17) is 5.11 Å². The summed E-state index contributed by atoms with van der Waals surface area (Å²) in [7, 11) is -2.53. The molecule has 0 amide bonds. The quantitative estimate of drug-likeness (QED) is 0.940. The predicted molar refractivity (Wildman–Crippen MR) is 73.3 cm³/mol. The third kappa shape index (κ3) is 2.66. The van der Waals surface area contributed by atoms with Crippen molar-refractivity contribution >= 4 is 33.0 Å². The number of benzene rings is 1. The van der Waals surface area contributed by atoms with Gasteiger partial charge in [-0.05, 0) is 36.4 Å². The molecule has 20 heavy (non-hydrogen) atoms. The first-order valence-electron chi connectivity index (χ1n) is 5.40. The molecule has 0 saturated heterocycles. The van der Waals surface area contributed by atoms with Gasteiger partial charge in [0.15, 0.2) is 0 Å². The van der Waals surface area contributed by atoms with Crippen LogP contribution in [0.1, 0.15) is 9.67 Å². The van der Waals surface area contributed by atoms with Crippen LogP contribution in [0.25, 0.3) is 0 Å². The molecule has 0 aliphatic rings. The number of carbonyl (C=O) groups is 1. The molecule has 0 atom stereocenters. The molecule has 8 heteroatoms. The maximum Gasteiger partial charge on any atom is 0.345 e. The smallest absolute Gasteiger partial charge is 0.345 e. The van der Waals surface area contributed by atoms with Gasteiger partial charge in [-0.3, -0.25) is 4.31 Å². The summed E-state index contributed by atoms with van der Waals surface area (Å²) in [6.45, 7) is 0. The van der Waals surface area contributed by atoms with Gasteiger partial charge < -0.3 is 5.11 Å². The Morgan fingerprint density at radius 2 is 1.80 bits per heavy atom. The molecule has 0 spiro atoms. The van der Waals surface area contributed by atoms with Crippen LogP contribution in [0.4, 0.5) is 10.1 Å². The van der Waals surface area contributed by atoms with Gasteiger partial charge in [0.05, 0.1) is 5.69 Å². The Hall–Kier alpha value is -1.93. The van der Waals surface area contributed by atoms with Gasteiger partial charge in [-0.15, -0.1) is 11.3 Å². The van der Waals surface area contributed by atoms with Crippen LogP contribution in [-0.2, 0) is 10.0 Å². The average Bonchev–Trinajstić information content (AvgIpc) is 2.89. The van der Waals surface area contributed by atoms with E-state index >= 15 is 0 Å². The molecular formula is C12H10FNO4S2. The normalized spacial score (nSPS) is 11.3. The number of rotatable bonds is 4. The van der Waals surface area contributed by atoms with Crippen molar-refractivity contribution in [3.8, 4) is 0 Å². The lowest BCUT2D eigenvalue weighted by Gasteiger charge is -2.18. The zero-order chi connectivity index (χ0) is 14.9. The standard InChI is InChI=1S/C12H10FNO4S2/c1-14(9-4-2-8(13)3-5-9)20(17,18)11-7-6-10(19-11)12(15)16/h2-7H,1H3,(H,15,16). The van der Waals surface area contributed by atoms with E-state index in [0.717, 1.165) is 16.4 Å². The Labute approximate surface area is 119 Å². The van der Waals surface area contributed by atoms with Crippen LogP contribution in [0.2, 0.25) is 0 Å². The number of nitrogens with zero attached hydrogens (tertiary/aromatic N) is 1. The van der Waals surface area contributed by atoms with Crippen molar-refractivity contribution in [2.75, 3.05) is 11.4 Å². The molecule has 1 aromatic carbocycles. The second-order valence-corrected chi connectivity index (χ2v) is 7.15. The van der Waals surface area contributed by atoms with Crippen LogP contribution in [0.5, 0.6) is 0 Å². The van der Waals surface area contributed by atoms with Crippen molar-refractivity contribution in [3.05, 3.63) is 47.1 Å². The van der Waals surface area contributed by atoms with Crippen molar-refractivity contribution < 1.29 is 22.7 Å². The molecule has 1 aromatic heterocycles. The fourth-order valence-corrected chi connectivity index (χ4v) is 4.01. The van der Waals surface area contributed by atoms with Gasteiger partial charge in [-0.1, -0.05) is 0 Å².